The summed E-state index contributed by atoms with van der Waals surface area (Å²) in [6.45, 7) is 11.8. The fraction of sp³-hybridized carbons (Fsp3) is 0.462. The number of pyridine rings is 1. The van der Waals surface area contributed by atoms with Crippen molar-refractivity contribution in [2.75, 3.05) is 13.1 Å². The van der Waals surface area contributed by atoms with Gasteiger partial charge in [-0.1, -0.05) is 0 Å². The van der Waals surface area contributed by atoms with Gasteiger partial charge in [0.2, 0.25) is 0 Å². The Morgan fingerprint density at radius 2 is 1.97 bits per heavy atom. The molecule has 10 nitrogen and oxygen atoms in total. The topological polar surface area (TPSA) is 104 Å². The number of fused-ring (bicyclic) bond motifs is 1. The standard InChI is InChI=1S/C26H31FN8O2/c1-16-22-24(31-17(2)30-16)35(23(32-22)20-8-21(27)11-28-10-20)15-19-9-29-34(14-19)13-18-6-7-33(12-18)25(36)37-26(3,4)5/h8-11,14,18H,6-7,12-13,15H2,1-5H3. The Kier molecular flexibility index (Phi) is 6.38. The Bertz CT molecular complexity index is 1450. The van der Waals surface area contributed by atoms with Crippen molar-refractivity contribution in [1.82, 2.24) is 39.2 Å². The van der Waals surface area contributed by atoms with Crippen molar-refractivity contribution in [3.05, 3.63) is 53.8 Å². The van der Waals surface area contributed by atoms with Crippen molar-refractivity contribution >= 4 is 17.3 Å². The minimum absolute atomic E-state index is 0.268. The van der Waals surface area contributed by atoms with Crippen LogP contribution in [0.15, 0.2) is 30.9 Å². The van der Waals surface area contributed by atoms with Crippen molar-refractivity contribution in [3.63, 3.8) is 0 Å². The lowest BCUT2D eigenvalue weighted by Crippen LogP contribution is -2.35. The molecule has 37 heavy (non-hydrogen) atoms. The zero-order valence-electron chi connectivity index (χ0n) is 21.8. The van der Waals surface area contributed by atoms with Crippen LogP contribution < -0.4 is 0 Å². The third-order valence-corrected chi connectivity index (χ3v) is 6.25. The van der Waals surface area contributed by atoms with E-state index in [0.717, 1.165) is 17.7 Å². The van der Waals surface area contributed by atoms with Crippen LogP contribution in [0.25, 0.3) is 22.6 Å². The molecule has 0 saturated carbocycles. The SMILES string of the molecule is Cc1nc(C)c2nc(-c3cncc(F)c3)n(Cc3cnn(CC4CCN(C(=O)OC(C)(C)C)C4)c3)c2n1. The molecule has 4 aromatic heterocycles. The summed E-state index contributed by atoms with van der Waals surface area (Å²) < 4.78 is 23.4. The highest BCUT2D eigenvalue weighted by atomic mass is 19.1. The summed E-state index contributed by atoms with van der Waals surface area (Å²) in [4.78, 5) is 32.0. The molecule has 1 saturated heterocycles. The summed E-state index contributed by atoms with van der Waals surface area (Å²) in [5.41, 5.74) is 3.13. The molecule has 1 fully saturated rings. The summed E-state index contributed by atoms with van der Waals surface area (Å²) in [7, 11) is 0. The molecule has 0 bridgehead atoms. The number of aromatic nitrogens is 7. The Morgan fingerprint density at radius 3 is 2.73 bits per heavy atom. The fourth-order valence-corrected chi connectivity index (χ4v) is 4.69. The predicted octanol–water partition coefficient (Wildman–Crippen LogP) is 4.15. The van der Waals surface area contributed by atoms with Crippen LogP contribution in [0.1, 0.15) is 44.3 Å². The third-order valence-electron chi connectivity index (χ3n) is 6.25. The minimum atomic E-state index is -0.508. The quantitative estimate of drug-likeness (QED) is 0.401. The van der Waals surface area contributed by atoms with Crippen LogP contribution in [0, 0.1) is 25.6 Å². The maximum Gasteiger partial charge on any atom is 0.410 e. The largest absolute Gasteiger partial charge is 0.444 e. The van der Waals surface area contributed by atoms with Gasteiger partial charge >= 0.3 is 6.09 Å². The molecule has 0 aromatic carbocycles. The van der Waals surface area contributed by atoms with Crippen molar-refractivity contribution in [2.45, 2.75) is 59.7 Å². The number of nitrogens with zero attached hydrogens (tertiary/aromatic N) is 8. The predicted molar refractivity (Wildman–Crippen MR) is 135 cm³/mol. The van der Waals surface area contributed by atoms with Gasteiger partial charge in [0.15, 0.2) is 5.65 Å². The molecule has 5 rings (SSSR count). The van der Waals surface area contributed by atoms with E-state index in [4.69, 9.17) is 9.72 Å². The van der Waals surface area contributed by atoms with E-state index in [0.29, 0.717) is 60.5 Å². The van der Waals surface area contributed by atoms with Gasteiger partial charge in [-0.25, -0.2) is 24.1 Å². The number of imidazole rings is 1. The first-order chi connectivity index (χ1) is 17.6. The van der Waals surface area contributed by atoms with E-state index in [9.17, 15) is 9.18 Å². The number of carbonyl (C=O) groups is 1. The monoisotopic (exact) mass is 506 g/mol. The van der Waals surface area contributed by atoms with Gasteiger partial charge in [0.25, 0.3) is 0 Å². The first-order valence-electron chi connectivity index (χ1n) is 12.4. The first-order valence-corrected chi connectivity index (χ1v) is 12.4. The van der Waals surface area contributed by atoms with Gasteiger partial charge < -0.3 is 14.2 Å². The number of rotatable bonds is 5. The molecule has 194 valence electrons. The van der Waals surface area contributed by atoms with Gasteiger partial charge in [0.05, 0.1) is 24.6 Å². The number of amides is 1. The maximum atomic E-state index is 14.0. The fourth-order valence-electron chi connectivity index (χ4n) is 4.69. The molecular formula is C26H31FN8O2. The lowest BCUT2D eigenvalue weighted by molar-refractivity contribution is 0.0286. The summed E-state index contributed by atoms with van der Waals surface area (Å²) in [6.07, 6.45) is 7.21. The molecule has 11 heteroatoms. The number of aryl methyl sites for hydroxylation is 2. The number of likely N-dealkylation sites (tertiary alicyclic amines) is 1. The smallest absolute Gasteiger partial charge is 0.410 e. The van der Waals surface area contributed by atoms with E-state index in [1.165, 1.54) is 12.3 Å². The van der Waals surface area contributed by atoms with Gasteiger partial charge in [-0.3, -0.25) is 9.67 Å². The Labute approximate surface area is 214 Å². The summed E-state index contributed by atoms with van der Waals surface area (Å²) in [5.74, 6) is 1.07. The number of carbonyl (C=O) groups excluding carboxylic acids is 1. The van der Waals surface area contributed by atoms with E-state index in [1.807, 2.05) is 56.3 Å². The first kappa shape index (κ1) is 24.8. The molecule has 1 aliphatic rings. The van der Waals surface area contributed by atoms with Crippen molar-refractivity contribution in [3.8, 4) is 11.4 Å². The van der Waals surface area contributed by atoms with Gasteiger partial charge in [0.1, 0.15) is 28.6 Å². The zero-order valence-corrected chi connectivity index (χ0v) is 21.8. The van der Waals surface area contributed by atoms with Gasteiger partial charge in [-0.15, -0.1) is 0 Å². The van der Waals surface area contributed by atoms with Crippen molar-refractivity contribution < 1.29 is 13.9 Å². The molecule has 0 spiro atoms. The van der Waals surface area contributed by atoms with E-state index >= 15 is 0 Å². The molecule has 0 N–H and O–H groups in total. The van der Waals surface area contributed by atoms with Crippen molar-refractivity contribution in [1.29, 1.82) is 0 Å². The van der Waals surface area contributed by atoms with Crippen LogP contribution in [0.4, 0.5) is 9.18 Å². The van der Waals surface area contributed by atoms with Crippen LogP contribution >= 0.6 is 0 Å². The van der Waals surface area contributed by atoms with E-state index in [-0.39, 0.29) is 6.09 Å². The van der Waals surface area contributed by atoms with Gasteiger partial charge in [-0.05, 0) is 53.0 Å². The second-order valence-electron chi connectivity index (χ2n) is 10.6. The highest BCUT2D eigenvalue weighted by Gasteiger charge is 2.30. The normalized spacial score (nSPS) is 16.1. The van der Waals surface area contributed by atoms with Gasteiger partial charge in [0, 0.05) is 43.2 Å². The van der Waals surface area contributed by atoms with Crippen LogP contribution in [0.2, 0.25) is 0 Å². The number of hydrogen-bond acceptors (Lipinski definition) is 7. The van der Waals surface area contributed by atoms with E-state index in [2.05, 4.69) is 20.1 Å². The molecule has 1 amide bonds. The highest BCUT2D eigenvalue weighted by molar-refractivity contribution is 5.79. The number of halogens is 1. The second-order valence-corrected chi connectivity index (χ2v) is 10.6. The second kappa shape index (κ2) is 9.53. The summed E-state index contributed by atoms with van der Waals surface area (Å²) >= 11 is 0. The molecular weight excluding hydrogens is 475 g/mol. The van der Waals surface area contributed by atoms with Crippen LogP contribution in [0.5, 0.6) is 0 Å². The lowest BCUT2D eigenvalue weighted by Gasteiger charge is -2.24. The average molecular weight is 507 g/mol. The average Bonchev–Trinajstić information content (AvgIpc) is 3.53. The van der Waals surface area contributed by atoms with E-state index < -0.39 is 11.4 Å². The molecule has 4 aromatic rings. The molecule has 5 heterocycles. The van der Waals surface area contributed by atoms with Crippen LogP contribution in [0.3, 0.4) is 0 Å². The third kappa shape index (κ3) is 5.45. The van der Waals surface area contributed by atoms with Crippen molar-refractivity contribution in [2.24, 2.45) is 5.92 Å². The highest BCUT2D eigenvalue weighted by Crippen LogP contribution is 2.27. The number of hydrogen-bond donors (Lipinski definition) is 0. The number of ether oxygens (including phenoxy) is 1. The van der Waals surface area contributed by atoms with Crippen LogP contribution in [-0.2, 0) is 17.8 Å². The molecule has 1 aliphatic heterocycles. The Morgan fingerprint density at radius 1 is 1.16 bits per heavy atom. The van der Waals surface area contributed by atoms with Crippen LogP contribution in [-0.4, -0.2) is 64.0 Å². The van der Waals surface area contributed by atoms with E-state index in [1.54, 1.807) is 11.1 Å². The maximum absolute atomic E-state index is 14.0. The van der Waals surface area contributed by atoms with Gasteiger partial charge in [-0.2, -0.15) is 5.10 Å². The summed E-state index contributed by atoms with van der Waals surface area (Å²) in [5, 5.41) is 4.56. The molecule has 1 atom stereocenters. The molecule has 1 unspecified atom stereocenters. The summed E-state index contributed by atoms with van der Waals surface area (Å²) in [6, 6.07) is 1.42. The Balaban J connectivity index is 1.36. The Hall–Kier alpha value is -3.89. The lowest BCUT2D eigenvalue weighted by atomic mass is 10.1. The molecule has 0 aliphatic carbocycles. The molecule has 0 radical (unpaired) electrons. The minimum Gasteiger partial charge on any atom is -0.444 e. The zero-order chi connectivity index (χ0) is 26.3.